The van der Waals surface area contributed by atoms with Crippen LogP contribution in [0.15, 0.2) is 53.1 Å². The lowest BCUT2D eigenvalue weighted by Crippen LogP contribution is -2.29. The largest absolute Gasteiger partial charge is 0.494 e. The molecule has 2 aromatic heterocycles. The summed E-state index contributed by atoms with van der Waals surface area (Å²) in [6, 6.07) is 13.4. The highest BCUT2D eigenvalue weighted by molar-refractivity contribution is 5.97. The van der Waals surface area contributed by atoms with Gasteiger partial charge in [-0.1, -0.05) is 32.0 Å². The Hall–Kier alpha value is -2.69. The van der Waals surface area contributed by atoms with Crippen molar-refractivity contribution in [2.45, 2.75) is 26.8 Å². The van der Waals surface area contributed by atoms with Gasteiger partial charge in [-0.2, -0.15) is 0 Å². The Morgan fingerprint density at radius 3 is 2.80 bits per heavy atom. The fourth-order valence-corrected chi connectivity index (χ4v) is 2.72. The van der Waals surface area contributed by atoms with E-state index in [2.05, 4.69) is 19.2 Å². The molecule has 3 aromatic rings. The van der Waals surface area contributed by atoms with E-state index in [0.717, 1.165) is 23.3 Å². The number of nitrogens with one attached hydrogen (secondary N) is 1. The van der Waals surface area contributed by atoms with E-state index in [1.165, 1.54) is 0 Å². The molecule has 1 amide bonds. The number of para-hydroxylation sites is 1. The van der Waals surface area contributed by atoms with Gasteiger partial charge in [-0.25, -0.2) is 0 Å². The molecule has 3 rings (SSSR count). The number of benzene rings is 1. The van der Waals surface area contributed by atoms with Crippen LogP contribution in [0.2, 0.25) is 0 Å². The van der Waals surface area contributed by atoms with Crippen molar-refractivity contribution in [2.75, 3.05) is 13.2 Å². The summed E-state index contributed by atoms with van der Waals surface area (Å²) in [5.74, 6) is 1.21. The summed E-state index contributed by atoms with van der Waals surface area (Å²) in [6.07, 6.45) is 2.45. The Bertz CT molecular complexity index is 818. The van der Waals surface area contributed by atoms with E-state index in [1.54, 1.807) is 6.26 Å². The predicted octanol–water partition coefficient (Wildman–Crippen LogP) is 4.09. The molecule has 25 heavy (non-hydrogen) atoms. The molecule has 0 radical (unpaired) electrons. The second kappa shape index (κ2) is 7.92. The zero-order valence-electron chi connectivity index (χ0n) is 14.7. The smallest absolute Gasteiger partial charge is 0.268 e. The summed E-state index contributed by atoms with van der Waals surface area (Å²) >= 11 is 0. The summed E-state index contributed by atoms with van der Waals surface area (Å²) in [7, 11) is 0. The van der Waals surface area contributed by atoms with Gasteiger partial charge >= 0.3 is 0 Å². The first kappa shape index (κ1) is 17.1. The van der Waals surface area contributed by atoms with E-state index in [-0.39, 0.29) is 5.91 Å². The van der Waals surface area contributed by atoms with Crippen molar-refractivity contribution < 1.29 is 13.9 Å². The van der Waals surface area contributed by atoms with Crippen LogP contribution in [-0.4, -0.2) is 23.6 Å². The molecule has 5 heteroatoms. The number of ether oxygens (including phenoxy) is 1. The number of furan rings is 1. The number of aryl methyl sites for hydroxylation is 1. The van der Waals surface area contributed by atoms with E-state index in [9.17, 15) is 4.79 Å². The second-order valence-electron chi connectivity index (χ2n) is 6.47. The van der Waals surface area contributed by atoms with Crippen molar-refractivity contribution in [2.24, 2.45) is 5.92 Å². The van der Waals surface area contributed by atoms with E-state index >= 15 is 0 Å². The number of amides is 1. The first-order valence-corrected chi connectivity index (χ1v) is 8.68. The van der Waals surface area contributed by atoms with Crippen molar-refractivity contribution in [1.29, 1.82) is 0 Å². The molecule has 0 fully saturated rings. The second-order valence-corrected chi connectivity index (χ2v) is 6.47. The summed E-state index contributed by atoms with van der Waals surface area (Å²) in [6.45, 7) is 6.09. The van der Waals surface area contributed by atoms with Gasteiger partial charge in [0.2, 0.25) is 0 Å². The number of carbonyl (C=O) groups excluding carboxylic acids is 1. The quantitative estimate of drug-likeness (QED) is 0.628. The standard InChI is InChI=1S/C20H24N2O3/c1-15(2)14-21-20(23)18-13-19-17(9-12-25-19)22(18)10-6-11-24-16-7-4-3-5-8-16/h3-5,7-9,12-13,15H,6,10-11,14H2,1-2H3,(H,21,23). The lowest BCUT2D eigenvalue weighted by molar-refractivity contribution is 0.0939. The van der Waals surface area contributed by atoms with E-state index in [0.29, 0.717) is 31.3 Å². The number of rotatable bonds is 8. The third-order valence-electron chi connectivity index (χ3n) is 3.96. The molecule has 0 aliphatic carbocycles. The topological polar surface area (TPSA) is 56.4 Å². The van der Waals surface area contributed by atoms with Crippen LogP contribution < -0.4 is 10.1 Å². The molecule has 0 aliphatic heterocycles. The Kier molecular flexibility index (Phi) is 5.43. The SMILES string of the molecule is CC(C)CNC(=O)c1cc2occc2n1CCCOc1ccccc1. The Morgan fingerprint density at radius 2 is 2.04 bits per heavy atom. The summed E-state index contributed by atoms with van der Waals surface area (Å²) < 4.78 is 13.2. The lowest BCUT2D eigenvalue weighted by Gasteiger charge is -2.12. The van der Waals surface area contributed by atoms with Crippen molar-refractivity contribution in [3.8, 4) is 5.75 Å². The Morgan fingerprint density at radius 1 is 1.24 bits per heavy atom. The zero-order valence-corrected chi connectivity index (χ0v) is 14.7. The van der Waals surface area contributed by atoms with Gasteiger partial charge in [0, 0.05) is 25.2 Å². The molecule has 0 spiro atoms. The third-order valence-corrected chi connectivity index (χ3v) is 3.96. The van der Waals surface area contributed by atoms with Crippen LogP contribution in [0, 0.1) is 5.92 Å². The molecule has 0 aliphatic rings. The van der Waals surface area contributed by atoms with Crippen molar-refractivity contribution >= 4 is 17.0 Å². The molecular weight excluding hydrogens is 316 g/mol. The lowest BCUT2D eigenvalue weighted by atomic mass is 10.2. The molecule has 5 nitrogen and oxygen atoms in total. The van der Waals surface area contributed by atoms with Crippen molar-refractivity contribution in [3.63, 3.8) is 0 Å². The number of carbonyl (C=O) groups is 1. The maximum absolute atomic E-state index is 12.5. The summed E-state index contributed by atoms with van der Waals surface area (Å²) in [4.78, 5) is 12.5. The number of hydrogen-bond donors (Lipinski definition) is 1. The number of nitrogens with zero attached hydrogens (tertiary/aromatic N) is 1. The highest BCUT2D eigenvalue weighted by atomic mass is 16.5. The minimum absolute atomic E-state index is 0.0657. The summed E-state index contributed by atoms with van der Waals surface area (Å²) in [5, 5.41) is 2.97. The highest BCUT2D eigenvalue weighted by Gasteiger charge is 2.17. The van der Waals surface area contributed by atoms with Gasteiger partial charge in [0.15, 0.2) is 5.58 Å². The van der Waals surface area contributed by atoms with Crippen molar-refractivity contribution in [1.82, 2.24) is 9.88 Å². The maximum atomic E-state index is 12.5. The fraction of sp³-hybridized carbons (Fsp3) is 0.350. The number of fused-ring (bicyclic) bond motifs is 1. The van der Waals surface area contributed by atoms with Crippen LogP contribution in [0.25, 0.3) is 11.1 Å². The molecule has 0 unspecified atom stereocenters. The molecule has 0 saturated carbocycles. The van der Waals surface area contributed by atoms with Crippen LogP contribution in [0.5, 0.6) is 5.75 Å². The average molecular weight is 340 g/mol. The molecule has 1 aromatic carbocycles. The van der Waals surface area contributed by atoms with Gasteiger partial charge in [-0.05, 0) is 24.5 Å². The molecule has 0 saturated heterocycles. The molecule has 0 bridgehead atoms. The van der Waals surface area contributed by atoms with Gasteiger partial charge in [-0.3, -0.25) is 4.79 Å². The van der Waals surface area contributed by atoms with E-state index < -0.39 is 0 Å². The zero-order chi connectivity index (χ0) is 17.6. The van der Waals surface area contributed by atoms with Crippen LogP contribution in [-0.2, 0) is 6.54 Å². The van der Waals surface area contributed by atoms with Gasteiger partial charge in [0.05, 0.1) is 18.4 Å². The average Bonchev–Trinajstić information content (AvgIpc) is 3.19. The Balaban J connectivity index is 1.65. The van der Waals surface area contributed by atoms with Gasteiger partial charge < -0.3 is 19.0 Å². The highest BCUT2D eigenvalue weighted by Crippen LogP contribution is 2.22. The molecule has 1 N–H and O–H groups in total. The Labute approximate surface area is 147 Å². The van der Waals surface area contributed by atoms with Gasteiger partial charge in [0.1, 0.15) is 11.4 Å². The van der Waals surface area contributed by atoms with Gasteiger partial charge in [-0.15, -0.1) is 0 Å². The first-order chi connectivity index (χ1) is 12.1. The summed E-state index contributed by atoms with van der Waals surface area (Å²) in [5.41, 5.74) is 2.31. The fourth-order valence-electron chi connectivity index (χ4n) is 2.72. The minimum atomic E-state index is -0.0657. The third kappa shape index (κ3) is 4.24. The molecule has 2 heterocycles. The minimum Gasteiger partial charge on any atom is -0.494 e. The van der Waals surface area contributed by atoms with Crippen LogP contribution in [0.3, 0.4) is 0 Å². The predicted molar refractivity (Wildman–Crippen MR) is 97.9 cm³/mol. The number of aromatic nitrogens is 1. The first-order valence-electron chi connectivity index (χ1n) is 8.68. The van der Waals surface area contributed by atoms with Crippen LogP contribution in [0.4, 0.5) is 0 Å². The molecule has 0 atom stereocenters. The van der Waals surface area contributed by atoms with Crippen LogP contribution in [0.1, 0.15) is 30.8 Å². The van der Waals surface area contributed by atoms with Gasteiger partial charge in [0.25, 0.3) is 5.91 Å². The monoisotopic (exact) mass is 340 g/mol. The van der Waals surface area contributed by atoms with Crippen molar-refractivity contribution in [3.05, 3.63) is 54.4 Å². The molecular formula is C20H24N2O3. The number of hydrogen-bond acceptors (Lipinski definition) is 3. The normalized spacial score (nSPS) is 11.2. The maximum Gasteiger partial charge on any atom is 0.268 e. The molecule has 132 valence electrons. The van der Waals surface area contributed by atoms with E-state index in [4.69, 9.17) is 9.15 Å². The van der Waals surface area contributed by atoms with E-state index in [1.807, 2.05) is 47.0 Å². The van der Waals surface area contributed by atoms with Crippen LogP contribution >= 0.6 is 0 Å².